The highest BCUT2D eigenvalue weighted by atomic mass is 19.1. The molecule has 0 bridgehead atoms. The summed E-state index contributed by atoms with van der Waals surface area (Å²) < 4.78 is 25.1. The number of aliphatic imine (C=N–C) groups is 1. The van der Waals surface area contributed by atoms with Crippen LogP contribution in [0, 0.1) is 5.82 Å². The van der Waals surface area contributed by atoms with Crippen LogP contribution in [0.15, 0.2) is 53.5 Å². The molecule has 0 aromatic heterocycles. The summed E-state index contributed by atoms with van der Waals surface area (Å²) in [4.78, 5) is 43.0. The summed E-state index contributed by atoms with van der Waals surface area (Å²) in [7, 11) is 0. The van der Waals surface area contributed by atoms with E-state index in [1.54, 1.807) is 63.2 Å². The van der Waals surface area contributed by atoms with Gasteiger partial charge in [0.05, 0.1) is 17.9 Å². The number of carbonyl (C=O) groups is 3. The Morgan fingerprint density at radius 3 is 2.36 bits per heavy atom. The Balaban J connectivity index is 2.09. The highest BCUT2D eigenvalue weighted by Crippen LogP contribution is 2.29. The van der Waals surface area contributed by atoms with E-state index in [-0.39, 0.29) is 24.4 Å². The quantitative estimate of drug-likeness (QED) is 0.697. The van der Waals surface area contributed by atoms with Crippen molar-refractivity contribution in [1.82, 2.24) is 5.32 Å². The van der Waals surface area contributed by atoms with Crippen LogP contribution in [0.3, 0.4) is 0 Å². The first-order chi connectivity index (χ1) is 15.6. The van der Waals surface area contributed by atoms with E-state index in [9.17, 15) is 18.8 Å². The van der Waals surface area contributed by atoms with Gasteiger partial charge in [-0.1, -0.05) is 30.3 Å². The highest BCUT2D eigenvalue weighted by molar-refractivity contribution is 6.20. The maximum atomic E-state index is 14.7. The van der Waals surface area contributed by atoms with Crippen LogP contribution < -0.4 is 10.2 Å². The van der Waals surface area contributed by atoms with E-state index in [1.807, 2.05) is 0 Å². The molecule has 1 atom stereocenters. The number of benzene rings is 2. The van der Waals surface area contributed by atoms with Gasteiger partial charge in [0, 0.05) is 18.1 Å². The van der Waals surface area contributed by atoms with Crippen LogP contribution in [-0.2, 0) is 19.1 Å². The topological polar surface area (TPSA) is 97.3 Å². The molecular weight excluding hydrogens is 429 g/mol. The van der Waals surface area contributed by atoms with Crippen molar-refractivity contribution >= 4 is 29.4 Å². The minimum Gasteiger partial charge on any atom is -0.464 e. The summed E-state index contributed by atoms with van der Waals surface area (Å²) in [6.07, 6.45) is -2.23. The monoisotopic (exact) mass is 455 g/mol. The molecule has 0 aliphatic carbocycles. The molecule has 0 spiro atoms. The van der Waals surface area contributed by atoms with Gasteiger partial charge in [0.25, 0.3) is 5.91 Å². The van der Waals surface area contributed by atoms with Crippen LogP contribution in [0.25, 0.3) is 0 Å². The van der Waals surface area contributed by atoms with Gasteiger partial charge < -0.3 is 14.4 Å². The van der Waals surface area contributed by atoms with Crippen LogP contribution in [-0.4, -0.2) is 48.6 Å². The lowest BCUT2D eigenvalue weighted by Crippen LogP contribution is -2.49. The molecule has 33 heavy (non-hydrogen) atoms. The lowest BCUT2D eigenvalue weighted by Gasteiger charge is -2.26. The first-order valence-corrected chi connectivity index (χ1v) is 10.4. The number of esters is 1. The Kier molecular flexibility index (Phi) is 7.10. The fraction of sp³-hybridized carbons (Fsp3) is 0.333. The van der Waals surface area contributed by atoms with Crippen LogP contribution in [0.5, 0.6) is 0 Å². The van der Waals surface area contributed by atoms with E-state index in [2.05, 4.69) is 10.3 Å². The molecule has 1 aliphatic rings. The number of hydrogen-bond acceptors (Lipinski definition) is 6. The maximum absolute atomic E-state index is 14.7. The number of ether oxygens (including phenoxy) is 2. The van der Waals surface area contributed by atoms with Crippen LogP contribution in [0.1, 0.15) is 38.8 Å². The third-order valence-electron chi connectivity index (χ3n) is 4.61. The van der Waals surface area contributed by atoms with E-state index in [4.69, 9.17) is 9.47 Å². The second-order valence-electron chi connectivity index (χ2n) is 8.35. The predicted octanol–water partition coefficient (Wildman–Crippen LogP) is 3.42. The zero-order valence-electron chi connectivity index (χ0n) is 18.9. The number of benzodiazepines with no additional fused rings is 1. The van der Waals surface area contributed by atoms with E-state index in [1.165, 1.54) is 17.9 Å². The number of anilines is 1. The molecule has 0 saturated heterocycles. The summed E-state index contributed by atoms with van der Waals surface area (Å²) in [6.45, 7) is 6.29. The third-order valence-corrected chi connectivity index (χ3v) is 4.61. The van der Waals surface area contributed by atoms with Gasteiger partial charge in [0.2, 0.25) is 6.17 Å². The Morgan fingerprint density at radius 1 is 1.09 bits per heavy atom. The molecular formula is C24H26FN3O5. The Bertz CT molecular complexity index is 1090. The number of fused-ring (bicyclic) bond motifs is 1. The molecule has 2 aromatic carbocycles. The van der Waals surface area contributed by atoms with Crippen molar-refractivity contribution in [2.45, 2.75) is 39.5 Å². The summed E-state index contributed by atoms with van der Waals surface area (Å²) in [5.74, 6) is -1.59. The maximum Gasteiger partial charge on any atom is 0.409 e. The second kappa shape index (κ2) is 9.81. The average Bonchev–Trinajstić information content (AvgIpc) is 2.83. The fourth-order valence-electron chi connectivity index (χ4n) is 3.32. The number of amides is 2. The number of rotatable bonds is 5. The van der Waals surface area contributed by atoms with Crippen molar-refractivity contribution in [3.8, 4) is 0 Å². The predicted molar refractivity (Wildman–Crippen MR) is 121 cm³/mol. The molecule has 0 saturated carbocycles. The Morgan fingerprint density at radius 2 is 1.73 bits per heavy atom. The summed E-state index contributed by atoms with van der Waals surface area (Å²) in [5.41, 5.74) is 0.523. The Labute approximate surface area is 191 Å². The molecule has 0 fully saturated rings. The van der Waals surface area contributed by atoms with Gasteiger partial charge in [-0.3, -0.25) is 14.9 Å². The van der Waals surface area contributed by atoms with Gasteiger partial charge >= 0.3 is 12.1 Å². The van der Waals surface area contributed by atoms with Crippen LogP contribution in [0.4, 0.5) is 14.9 Å². The van der Waals surface area contributed by atoms with E-state index >= 15 is 0 Å². The number of nitrogens with one attached hydrogen (secondary N) is 1. The molecule has 0 unspecified atom stereocenters. The molecule has 2 amide bonds. The molecule has 2 aromatic rings. The van der Waals surface area contributed by atoms with Crippen molar-refractivity contribution in [1.29, 1.82) is 0 Å². The molecule has 9 heteroatoms. The average molecular weight is 455 g/mol. The molecule has 8 nitrogen and oxygen atoms in total. The number of alkyl carbamates (subject to hydrolysis) is 1. The smallest absolute Gasteiger partial charge is 0.409 e. The van der Waals surface area contributed by atoms with Gasteiger partial charge in [0.1, 0.15) is 18.0 Å². The van der Waals surface area contributed by atoms with Gasteiger partial charge in [-0.15, -0.1) is 0 Å². The Hall–Kier alpha value is -3.75. The van der Waals surface area contributed by atoms with Gasteiger partial charge in [0.15, 0.2) is 0 Å². The minimum absolute atomic E-state index is 0.0159. The lowest BCUT2D eigenvalue weighted by atomic mass is 10.00. The standard InChI is InChI=1S/C24H26FN3O5/c1-15(29)32-14-13-28-19-12-8-6-10-17(19)20(16-9-5-7-11-18(16)25)26-21(22(28)30)27-23(31)33-24(2,3)4/h5-12,21H,13-14H2,1-4H3,(H,27,31)/t21-/m1/s1. The van der Waals surface area contributed by atoms with Crippen molar-refractivity contribution in [2.75, 3.05) is 18.1 Å². The SMILES string of the molecule is CC(=O)OCCN1C(=O)[C@@H](NC(=O)OC(C)(C)C)N=C(c2ccccc2F)c2ccccc21. The molecule has 1 heterocycles. The second-order valence-corrected chi connectivity index (χ2v) is 8.35. The largest absolute Gasteiger partial charge is 0.464 e. The third kappa shape index (κ3) is 5.94. The van der Waals surface area contributed by atoms with E-state index in [0.717, 1.165) is 0 Å². The lowest BCUT2D eigenvalue weighted by molar-refractivity contribution is -0.141. The first kappa shape index (κ1) is 23.9. The molecule has 1 aliphatic heterocycles. The zero-order chi connectivity index (χ0) is 24.2. The molecule has 3 rings (SSSR count). The summed E-state index contributed by atoms with van der Waals surface area (Å²) >= 11 is 0. The minimum atomic E-state index is -1.39. The molecule has 0 radical (unpaired) electrons. The van der Waals surface area contributed by atoms with E-state index < -0.39 is 35.6 Å². The summed E-state index contributed by atoms with van der Waals surface area (Å²) in [5, 5.41) is 2.48. The number of carbonyl (C=O) groups excluding carboxylic acids is 3. The number of nitrogens with zero attached hydrogens (tertiary/aromatic N) is 2. The normalized spacial score (nSPS) is 15.8. The number of para-hydroxylation sites is 1. The fourth-order valence-corrected chi connectivity index (χ4v) is 3.32. The van der Waals surface area contributed by atoms with Crippen molar-refractivity contribution in [2.24, 2.45) is 4.99 Å². The van der Waals surface area contributed by atoms with Crippen molar-refractivity contribution in [3.05, 3.63) is 65.5 Å². The van der Waals surface area contributed by atoms with Gasteiger partial charge in [-0.2, -0.15) is 0 Å². The molecule has 174 valence electrons. The molecule has 1 N–H and O–H groups in total. The van der Waals surface area contributed by atoms with Crippen LogP contribution >= 0.6 is 0 Å². The van der Waals surface area contributed by atoms with Crippen LogP contribution in [0.2, 0.25) is 0 Å². The van der Waals surface area contributed by atoms with E-state index in [0.29, 0.717) is 11.3 Å². The van der Waals surface area contributed by atoms with Gasteiger partial charge in [-0.05, 0) is 39.0 Å². The van der Waals surface area contributed by atoms with Crippen molar-refractivity contribution < 1.29 is 28.2 Å². The number of halogens is 1. The summed E-state index contributed by atoms with van der Waals surface area (Å²) in [6, 6.07) is 12.9. The van der Waals surface area contributed by atoms with Crippen molar-refractivity contribution in [3.63, 3.8) is 0 Å². The van der Waals surface area contributed by atoms with Gasteiger partial charge in [-0.25, -0.2) is 14.2 Å². The zero-order valence-corrected chi connectivity index (χ0v) is 18.9. The first-order valence-electron chi connectivity index (χ1n) is 10.4. The number of hydrogen-bond donors (Lipinski definition) is 1. The highest BCUT2D eigenvalue weighted by Gasteiger charge is 2.34.